The molecule has 1 aromatic carbocycles. The van der Waals surface area contributed by atoms with Crippen molar-refractivity contribution in [3.63, 3.8) is 0 Å². The summed E-state index contributed by atoms with van der Waals surface area (Å²) in [6, 6.07) is 5.69. The number of amides is 2. The van der Waals surface area contributed by atoms with Gasteiger partial charge in [-0.25, -0.2) is 0 Å². The van der Waals surface area contributed by atoms with Crippen LogP contribution in [0.3, 0.4) is 0 Å². The third-order valence-corrected chi connectivity index (χ3v) is 3.56. The molecule has 6 heteroatoms. The highest BCUT2D eigenvalue weighted by Gasteiger charge is 2.34. The second kappa shape index (κ2) is 5.73. The van der Waals surface area contributed by atoms with Crippen LogP contribution >= 0.6 is 0 Å². The average molecular weight is 276 g/mol. The molecule has 1 aromatic rings. The van der Waals surface area contributed by atoms with Crippen molar-refractivity contribution in [3.05, 3.63) is 35.4 Å². The predicted molar refractivity (Wildman–Crippen MR) is 71.2 cm³/mol. The molecule has 1 saturated carbocycles. The molecule has 1 aliphatic carbocycles. The normalized spacial score (nSPS) is 21.4. The number of carbonyl (C=O) groups excluding carboxylic acids is 2. The third kappa shape index (κ3) is 2.96. The summed E-state index contributed by atoms with van der Waals surface area (Å²) < 4.78 is 0. The first kappa shape index (κ1) is 14.0. The second-order valence-corrected chi connectivity index (χ2v) is 4.90. The molecule has 0 bridgehead atoms. The molecule has 1 fully saturated rings. The molecule has 2 atom stereocenters. The molecule has 2 rings (SSSR count). The Morgan fingerprint density at radius 3 is 2.55 bits per heavy atom. The Morgan fingerprint density at radius 1 is 1.20 bits per heavy atom. The van der Waals surface area contributed by atoms with Crippen LogP contribution in [0.15, 0.2) is 24.3 Å². The van der Waals surface area contributed by atoms with E-state index >= 15 is 0 Å². The fourth-order valence-electron chi connectivity index (χ4n) is 2.49. The van der Waals surface area contributed by atoms with Gasteiger partial charge in [-0.3, -0.25) is 14.4 Å². The van der Waals surface area contributed by atoms with Gasteiger partial charge < -0.3 is 16.2 Å². The lowest BCUT2D eigenvalue weighted by molar-refractivity contribution is -0.142. The average Bonchev–Trinajstić information content (AvgIpc) is 2.87. The van der Waals surface area contributed by atoms with Gasteiger partial charge in [0.05, 0.1) is 5.92 Å². The van der Waals surface area contributed by atoms with E-state index in [1.807, 2.05) is 0 Å². The monoisotopic (exact) mass is 276 g/mol. The number of aliphatic carboxylic acids is 1. The maximum atomic E-state index is 12.1. The standard InChI is InChI=1S/C14H16N2O4/c15-12(17)8-3-1-4-9(7-8)13(18)16-11-6-2-5-10(11)14(19)20/h1,3-4,7,10-11H,2,5-6H2,(H2,15,17)(H,16,18)(H,19,20)/t10-,11+/m0/s1. The van der Waals surface area contributed by atoms with Crippen molar-refractivity contribution in [2.75, 3.05) is 0 Å². The molecule has 0 spiro atoms. The summed E-state index contributed by atoms with van der Waals surface area (Å²) >= 11 is 0. The summed E-state index contributed by atoms with van der Waals surface area (Å²) in [7, 11) is 0. The number of nitrogens with one attached hydrogen (secondary N) is 1. The zero-order valence-electron chi connectivity index (χ0n) is 10.8. The summed E-state index contributed by atoms with van der Waals surface area (Å²) in [6.07, 6.45) is 2.00. The Hall–Kier alpha value is -2.37. The zero-order chi connectivity index (χ0) is 14.7. The Morgan fingerprint density at radius 2 is 1.90 bits per heavy atom. The molecule has 1 aliphatic rings. The molecule has 4 N–H and O–H groups in total. The second-order valence-electron chi connectivity index (χ2n) is 4.90. The molecule has 20 heavy (non-hydrogen) atoms. The third-order valence-electron chi connectivity index (χ3n) is 3.56. The number of carboxylic acids is 1. The van der Waals surface area contributed by atoms with Crippen LogP contribution in [0.2, 0.25) is 0 Å². The summed E-state index contributed by atoms with van der Waals surface area (Å²) in [6.45, 7) is 0. The van der Waals surface area contributed by atoms with Crippen molar-refractivity contribution in [2.45, 2.75) is 25.3 Å². The van der Waals surface area contributed by atoms with E-state index in [-0.39, 0.29) is 17.5 Å². The fourth-order valence-corrected chi connectivity index (χ4v) is 2.49. The lowest BCUT2D eigenvalue weighted by Crippen LogP contribution is -2.40. The van der Waals surface area contributed by atoms with Gasteiger partial charge in [0.1, 0.15) is 0 Å². The van der Waals surface area contributed by atoms with Crippen molar-refractivity contribution in [1.29, 1.82) is 0 Å². The Labute approximate surface area is 116 Å². The quantitative estimate of drug-likeness (QED) is 0.754. The van der Waals surface area contributed by atoms with Gasteiger partial charge in [-0.15, -0.1) is 0 Å². The number of hydrogen-bond acceptors (Lipinski definition) is 3. The van der Waals surface area contributed by atoms with Gasteiger partial charge in [-0.2, -0.15) is 0 Å². The number of carboxylic acid groups (broad SMARTS) is 1. The van der Waals surface area contributed by atoms with E-state index in [4.69, 9.17) is 10.8 Å². The van der Waals surface area contributed by atoms with Gasteiger partial charge in [-0.05, 0) is 31.0 Å². The minimum Gasteiger partial charge on any atom is -0.481 e. The van der Waals surface area contributed by atoms with Crippen molar-refractivity contribution < 1.29 is 19.5 Å². The van der Waals surface area contributed by atoms with Crippen molar-refractivity contribution in [1.82, 2.24) is 5.32 Å². The molecule has 0 unspecified atom stereocenters. The zero-order valence-corrected chi connectivity index (χ0v) is 10.8. The van der Waals surface area contributed by atoms with Crippen molar-refractivity contribution in [3.8, 4) is 0 Å². The van der Waals surface area contributed by atoms with Crippen LogP contribution in [-0.2, 0) is 4.79 Å². The Bertz CT molecular complexity index is 556. The molecule has 106 valence electrons. The number of benzene rings is 1. The van der Waals surface area contributed by atoms with Gasteiger partial charge in [0, 0.05) is 17.2 Å². The summed E-state index contributed by atoms with van der Waals surface area (Å²) in [4.78, 5) is 34.2. The van der Waals surface area contributed by atoms with Gasteiger partial charge in [0.25, 0.3) is 5.91 Å². The molecule has 0 saturated heterocycles. The molecular weight excluding hydrogens is 260 g/mol. The van der Waals surface area contributed by atoms with Gasteiger partial charge in [-0.1, -0.05) is 12.5 Å². The van der Waals surface area contributed by atoms with Crippen LogP contribution in [0.1, 0.15) is 40.0 Å². The molecule has 6 nitrogen and oxygen atoms in total. The first-order valence-corrected chi connectivity index (χ1v) is 6.42. The largest absolute Gasteiger partial charge is 0.481 e. The Balaban J connectivity index is 2.10. The fraction of sp³-hybridized carbons (Fsp3) is 0.357. The van der Waals surface area contributed by atoms with Crippen molar-refractivity contribution in [2.24, 2.45) is 11.7 Å². The van der Waals surface area contributed by atoms with E-state index in [1.54, 1.807) is 12.1 Å². The van der Waals surface area contributed by atoms with E-state index in [1.165, 1.54) is 12.1 Å². The molecule has 0 heterocycles. The van der Waals surface area contributed by atoms with Crippen molar-refractivity contribution >= 4 is 17.8 Å². The number of nitrogens with two attached hydrogens (primary N) is 1. The Kier molecular flexibility index (Phi) is 4.02. The number of primary amides is 1. The highest BCUT2D eigenvalue weighted by Crippen LogP contribution is 2.26. The maximum absolute atomic E-state index is 12.1. The van der Waals surface area contributed by atoms with Crippen LogP contribution in [0.4, 0.5) is 0 Å². The van der Waals surface area contributed by atoms with E-state index in [0.717, 1.165) is 6.42 Å². The molecular formula is C14H16N2O4. The lowest BCUT2D eigenvalue weighted by Gasteiger charge is -2.17. The van der Waals surface area contributed by atoms with E-state index in [9.17, 15) is 14.4 Å². The highest BCUT2D eigenvalue weighted by molar-refractivity contribution is 5.99. The number of hydrogen-bond donors (Lipinski definition) is 3. The summed E-state index contributed by atoms with van der Waals surface area (Å²) in [5.41, 5.74) is 5.71. The lowest BCUT2D eigenvalue weighted by atomic mass is 10.0. The van der Waals surface area contributed by atoms with Crippen LogP contribution in [0.5, 0.6) is 0 Å². The minimum absolute atomic E-state index is 0.249. The van der Waals surface area contributed by atoms with E-state index in [0.29, 0.717) is 18.4 Å². The van der Waals surface area contributed by atoms with Gasteiger partial charge in [0.15, 0.2) is 0 Å². The van der Waals surface area contributed by atoms with E-state index in [2.05, 4.69) is 5.32 Å². The summed E-state index contributed by atoms with van der Waals surface area (Å²) in [5.74, 6) is -2.42. The van der Waals surface area contributed by atoms with Crippen LogP contribution < -0.4 is 11.1 Å². The smallest absolute Gasteiger partial charge is 0.308 e. The topological polar surface area (TPSA) is 109 Å². The number of rotatable bonds is 4. The molecule has 2 amide bonds. The van der Waals surface area contributed by atoms with Crippen LogP contribution in [-0.4, -0.2) is 28.9 Å². The summed E-state index contributed by atoms with van der Waals surface area (Å²) in [5, 5.41) is 11.8. The molecule has 0 aromatic heterocycles. The first-order chi connectivity index (χ1) is 9.49. The van der Waals surface area contributed by atoms with E-state index < -0.39 is 17.8 Å². The predicted octanol–water partition coefficient (Wildman–Crippen LogP) is 0.769. The maximum Gasteiger partial charge on any atom is 0.308 e. The van der Waals surface area contributed by atoms with Crippen LogP contribution in [0, 0.1) is 5.92 Å². The van der Waals surface area contributed by atoms with Gasteiger partial charge in [0.2, 0.25) is 5.91 Å². The van der Waals surface area contributed by atoms with Gasteiger partial charge >= 0.3 is 5.97 Å². The molecule has 0 radical (unpaired) electrons. The SMILES string of the molecule is NC(=O)c1cccc(C(=O)N[C@@H]2CCC[C@@H]2C(=O)O)c1. The molecule has 0 aliphatic heterocycles. The first-order valence-electron chi connectivity index (χ1n) is 6.42. The highest BCUT2D eigenvalue weighted by atomic mass is 16.4. The number of carbonyl (C=O) groups is 3. The minimum atomic E-state index is -0.890. The van der Waals surface area contributed by atoms with Crippen LogP contribution in [0.25, 0.3) is 0 Å².